The summed E-state index contributed by atoms with van der Waals surface area (Å²) in [4.78, 5) is 25.0. The highest BCUT2D eigenvalue weighted by Crippen LogP contribution is 2.35. The molecule has 0 spiro atoms. The summed E-state index contributed by atoms with van der Waals surface area (Å²) in [5.74, 6) is 1.84. The number of hydrogen-bond donors (Lipinski definition) is 2. The van der Waals surface area contributed by atoms with Crippen LogP contribution in [0.3, 0.4) is 0 Å². The van der Waals surface area contributed by atoms with Gasteiger partial charge in [0.25, 0.3) is 5.56 Å². The SMILES string of the molecule is C=CCC[C@H](O)CN(Cc1nc2sc3c(c2c(=O)[nH]1)CC[C@H](C)C3)CC(C)C. The molecule has 5 nitrogen and oxygen atoms in total. The molecule has 2 aromatic heterocycles. The number of rotatable bonds is 9. The highest BCUT2D eigenvalue weighted by Gasteiger charge is 2.23. The Morgan fingerprint density at radius 2 is 2.21 bits per heavy atom. The Morgan fingerprint density at radius 1 is 1.43 bits per heavy atom. The molecule has 0 unspecified atom stereocenters. The van der Waals surface area contributed by atoms with E-state index in [0.29, 0.717) is 37.2 Å². The number of hydrogen-bond acceptors (Lipinski definition) is 5. The molecule has 0 bridgehead atoms. The number of aliphatic hydroxyl groups excluding tert-OH is 1. The molecule has 28 heavy (non-hydrogen) atoms. The Morgan fingerprint density at radius 3 is 2.93 bits per heavy atom. The lowest BCUT2D eigenvalue weighted by Gasteiger charge is -2.26. The fraction of sp³-hybridized carbons (Fsp3) is 0.636. The van der Waals surface area contributed by atoms with Crippen molar-refractivity contribution in [2.24, 2.45) is 11.8 Å². The first-order chi connectivity index (χ1) is 13.4. The van der Waals surface area contributed by atoms with E-state index in [-0.39, 0.29) is 5.56 Å². The molecule has 0 saturated carbocycles. The summed E-state index contributed by atoms with van der Waals surface area (Å²) in [7, 11) is 0. The number of aromatic amines is 1. The number of allylic oxidation sites excluding steroid dienone is 1. The Labute approximate surface area is 171 Å². The van der Waals surface area contributed by atoms with Crippen molar-refractivity contribution < 1.29 is 5.11 Å². The first-order valence-corrected chi connectivity index (χ1v) is 11.2. The van der Waals surface area contributed by atoms with Crippen LogP contribution in [0.2, 0.25) is 0 Å². The third-order valence-electron chi connectivity index (χ3n) is 5.38. The van der Waals surface area contributed by atoms with Crippen LogP contribution in [0.5, 0.6) is 0 Å². The first-order valence-electron chi connectivity index (χ1n) is 10.4. The fourth-order valence-corrected chi connectivity index (χ4v) is 5.50. The molecule has 3 rings (SSSR count). The molecule has 2 N–H and O–H groups in total. The van der Waals surface area contributed by atoms with Crippen molar-refractivity contribution in [2.75, 3.05) is 13.1 Å². The van der Waals surface area contributed by atoms with E-state index < -0.39 is 6.10 Å². The Kier molecular flexibility index (Phi) is 7.07. The van der Waals surface area contributed by atoms with Gasteiger partial charge in [-0.15, -0.1) is 17.9 Å². The zero-order chi connectivity index (χ0) is 20.3. The average Bonchev–Trinajstić information content (AvgIpc) is 2.96. The van der Waals surface area contributed by atoms with Crippen LogP contribution in [0.4, 0.5) is 0 Å². The molecule has 0 saturated heterocycles. The minimum atomic E-state index is -0.400. The van der Waals surface area contributed by atoms with Crippen LogP contribution in [-0.2, 0) is 19.4 Å². The third-order valence-corrected chi connectivity index (χ3v) is 6.53. The van der Waals surface area contributed by atoms with E-state index in [1.807, 2.05) is 6.08 Å². The summed E-state index contributed by atoms with van der Waals surface area (Å²) in [6.45, 7) is 12.3. The van der Waals surface area contributed by atoms with Crippen molar-refractivity contribution in [3.8, 4) is 0 Å². The maximum atomic E-state index is 12.8. The van der Waals surface area contributed by atoms with Crippen LogP contribution in [0.25, 0.3) is 10.2 Å². The number of fused-ring (bicyclic) bond motifs is 3. The van der Waals surface area contributed by atoms with Crippen molar-refractivity contribution in [3.05, 3.63) is 39.3 Å². The molecule has 154 valence electrons. The first kappa shape index (κ1) is 21.2. The molecule has 2 heterocycles. The third kappa shape index (κ3) is 5.10. The predicted octanol–water partition coefficient (Wildman–Crippen LogP) is 3.89. The molecule has 2 aromatic rings. The number of thiophene rings is 1. The number of aryl methyl sites for hydroxylation is 1. The van der Waals surface area contributed by atoms with Gasteiger partial charge >= 0.3 is 0 Å². The van der Waals surface area contributed by atoms with Gasteiger partial charge in [-0.1, -0.05) is 26.8 Å². The maximum absolute atomic E-state index is 12.8. The normalized spacial score (nSPS) is 18.0. The molecule has 1 aliphatic carbocycles. The lowest BCUT2D eigenvalue weighted by atomic mass is 9.89. The molecule has 0 aliphatic heterocycles. The van der Waals surface area contributed by atoms with E-state index >= 15 is 0 Å². The Balaban J connectivity index is 1.82. The van der Waals surface area contributed by atoms with Gasteiger partial charge in [-0.05, 0) is 49.5 Å². The number of aromatic nitrogens is 2. The van der Waals surface area contributed by atoms with Crippen molar-refractivity contribution >= 4 is 21.6 Å². The molecule has 0 amide bonds. The van der Waals surface area contributed by atoms with Crippen LogP contribution in [0, 0.1) is 11.8 Å². The summed E-state index contributed by atoms with van der Waals surface area (Å²) in [6, 6.07) is 0. The molecule has 0 fully saturated rings. The van der Waals surface area contributed by atoms with E-state index in [1.54, 1.807) is 11.3 Å². The van der Waals surface area contributed by atoms with Gasteiger partial charge in [-0.25, -0.2) is 4.98 Å². The lowest BCUT2D eigenvalue weighted by Crippen LogP contribution is -2.35. The van der Waals surface area contributed by atoms with Gasteiger partial charge in [0.15, 0.2) is 0 Å². The van der Waals surface area contributed by atoms with Gasteiger partial charge in [0.05, 0.1) is 18.0 Å². The molecule has 0 radical (unpaired) electrons. The van der Waals surface area contributed by atoms with Gasteiger partial charge < -0.3 is 10.1 Å². The quantitative estimate of drug-likeness (QED) is 0.623. The Bertz CT molecular complexity index is 871. The van der Waals surface area contributed by atoms with Crippen molar-refractivity contribution in [2.45, 2.75) is 65.5 Å². The van der Waals surface area contributed by atoms with E-state index in [1.165, 1.54) is 10.4 Å². The van der Waals surface area contributed by atoms with E-state index in [4.69, 9.17) is 4.98 Å². The number of H-pyrrole nitrogens is 1. The summed E-state index contributed by atoms with van der Waals surface area (Å²) >= 11 is 1.69. The van der Waals surface area contributed by atoms with Crippen LogP contribution < -0.4 is 5.56 Å². The Hall–Kier alpha value is -1.50. The minimum absolute atomic E-state index is 0.0104. The lowest BCUT2D eigenvalue weighted by molar-refractivity contribution is 0.0943. The van der Waals surface area contributed by atoms with Crippen LogP contribution in [0.15, 0.2) is 17.4 Å². The molecule has 0 aromatic carbocycles. The topological polar surface area (TPSA) is 69.2 Å². The average molecular weight is 404 g/mol. The minimum Gasteiger partial charge on any atom is -0.392 e. The highest BCUT2D eigenvalue weighted by molar-refractivity contribution is 7.18. The molecule has 6 heteroatoms. The second-order valence-corrected chi connectivity index (χ2v) is 9.74. The van der Waals surface area contributed by atoms with Crippen LogP contribution in [0.1, 0.15) is 56.3 Å². The van der Waals surface area contributed by atoms with Crippen LogP contribution >= 0.6 is 11.3 Å². The number of nitrogens with zero attached hydrogens (tertiary/aromatic N) is 2. The van der Waals surface area contributed by atoms with Crippen molar-refractivity contribution in [3.63, 3.8) is 0 Å². The van der Waals surface area contributed by atoms with Crippen molar-refractivity contribution in [1.82, 2.24) is 14.9 Å². The second kappa shape index (κ2) is 9.33. The van der Waals surface area contributed by atoms with E-state index in [0.717, 1.165) is 42.4 Å². The predicted molar refractivity (Wildman–Crippen MR) is 117 cm³/mol. The second-order valence-electron chi connectivity index (χ2n) is 8.65. The van der Waals surface area contributed by atoms with E-state index in [2.05, 4.69) is 37.2 Å². The van der Waals surface area contributed by atoms with Gasteiger partial charge in [-0.3, -0.25) is 9.69 Å². The summed E-state index contributed by atoms with van der Waals surface area (Å²) in [5, 5.41) is 11.1. The molecular weight excluding hydrogens is 370 g/mol. The molecule has 2 atom stereocenters. The summed E-state index contributed by atoms with van der Waals surface area (Å²) in [5.41, 5.74) is 1.21. The van der Waals surface area contributed by atoms with E-state index in [9.17, 15) is 9.90 Å². The maximum Gasteiger partial charge on any atom is 0.259 e. The zero-order valence-corrected chi connectivity index (χ0v) is 18.1. The standard InChI is InChI=1S/C22H33N3O2S/c1-5-6-7-16(26)12-25(11-14(2)3)13-19-23-21(27)20-17-9-8-15(4)10-18(17)28-22(20)24-19/h5,14-16,26H,1,6-13H2,2-4H3,(H,23,24,27)/t15-,16-/m0/s1. The fourth-order valence-electron chi connectivity index (χ4n) is 4.10. The smallest absolute Gasteiger partial charge is 0.259 e. The number of aliphatic hydroxyl groups is 1. The largest absolute Gasteiger partial charge is 0.392 e. The van der Waals surface area contributed by atoms with Gasteiger partial charge in [-0.2, -0.15) is 0 Å². The summed E-state index contributed by atoms with van der Waals surface area (Å²) < 4.78 is 0. The highest BCUT2D eigenvalue weighted by atomic mass is 32.1. The van der Waals surface area contributed by atoms with Crippen molar-refractivity contribution in [1.29, 1.82) is 0 Å². The molecule has 1 aliphatic rings. The molecular formula is C22H33N3O2S. The van der Waals surface area contributed by atoms with Gasteiger partial charge in [0, 0.05) is 18.0 Å². The summed E-state index contributed by atoms with van der Waals surface area (Å²) in [6.07, 6.45) is 6.12. The van der Waals surface area contributed by atoms with Crippen LogP contribution in [-0.4, -0.2) is 39.2 Å². The van der Waals surface area contributed by atoms with Gasteiger partial charge in [0.1, 0.15) is 10.7 Å². The van der Waals surface area contributed by atoms with Gasteiger partial charge in [0.2, 0.25) is 0 Å². The zero-order valence-electron chi connectivity index (χ0n) is 17.3. The monoisotopic (exact) mass is 403 g/mol. The number of nitrogens with one attached hydrogen (secondary N) is 1.